The third kappa shape index (κ3) is 7.62. The standard InChI is InChI=1S/C27H22NO.C14H16NSi.Ir/c1-18(2)21-13-14-28-25(17-21)24-10-6-9-23-22-12-11-20(16-26(22)29-27(23)24)15-19-7-4-3-5-8-19;1-16(2,3)13-9-10-14(15-11-13)12-7-5-4-6-8-12;/h3-9,11-14,16-18H,15H2,1-2H3;4-7,9-11H,1-3H3;/q2*-1;/i15D2,18D;;. The molecule has 0 amide bonds. The molecule has 0 aliphatic rings. The van der Waals surface area contributed by atoms with Gasteiger partial charge in [0, 0.05) is 42.0 Å². The molecule has 7 aromatic rings. The van der Waals surface area contributed by atoms with Crippen LogP contribution >= 0.6 is 0 Å². The molecule has 3 heterocycles. The van der Waals surface area contributed by atoms with E-state index in [0.717, 1.165) is 33.2 Å². The van der Waals surface area contributed by atoms with E-state index in [0.29, 0.717) is 28.0 Å². The Labute approximate surface area is 291 Å². The molecular formula is C41H38IrN2OSi-2. The maximum absolute atomic E-state index is 8.67. The van der Waals surface area contributed by atoms with Gasteiger partial charge in [-0.1, -0.05) is 111 Å². The van der Waals surface area contributed by atoms with Crippen molar-refractivity contribution in [1.82, 2.24) is 9.97 Å². The number of hydrogen-bond donors (Lipinski definition) is 0. The van der Waals surface area contributed by atoms with Crippen LogP contribution in [-0.2, 0) is 26.5 Å². The average Bonchev–Trinajstić information content (AvgIpc) is 3.47. The molecule has 0 saturated carbocycles. The van der Waals surface area contributed by atoms with Gasteiger partial charge in [-0.05, 0) is 52.1 Å². The summed E-state index contributed by atoms with van der Waals surface area (Å²) in [6.45, 7) is 10.7. The molecule has 233 valence electrons. The van der Waals surface area contributed by atoms with Gasteiger partial charge in [0.1, 0.15) is 5.58 Å². The van der Waals surface area contributed by atoms with E-state index in [4.69, 9.17) is 8.53 Å². The number of furan rings is 1. The minimum absolute atomic E-state index is 0. The summed E-state index contributed by atoms with van der Waals surface area (Å²) in [7, 11) is -1.23. The molecule has 0 bridgehead atoms. The Bertz CT molecular complexity index is 2170. The second kappa shape index (κ2) is 14.5. The molecule has 0 unspecified atom stereocenters. The zero-order valence-corrected chi connectivity index (χ0v) is 30.1. The second-order valence-corrected chi connectivity index (χ2v) is 17.4. The second-order valence-electron chi connectivity index (χ2n) is 12.3. The van der Waals surface area contributed by atoms with E-state index in [9.17, 15) is 0 Å². The number of fused-ring (bicyclic) bond motifs is 3. The topological polar surface area (TPSA) is 38.9 Å². The van der Waals surface area contributed by atoms with Crippen LogP contribution in [0.15, 0.2) is 126 Å². The van der Waals surface area contributed by atoms with E-state index in [2.05, 4.69) is 53.9 Å². The Morgan fingerprint density at radius 3 is 2.28 bits per heavy atom. The zero-order chi connectivity index (χ0) is 34.1. The molecule has 7 rings (SSSR count). The molecule has 3 aromatic heterocycles. The van der Waals surface area contributed by atoms with Gasteiger partial charge in [0.2, 0.25) is 0 Å². The van der Waals surface area contributed by atoms with Crippen molar-refractivity contribution in [3.05, 3.63) is 150 Å². The van der Waals surface area contributed by atoms with Crippen molar-refractivity contribution in [2.45, 2.75) is 45.8 Å². The largest absolute Gasteiger partial charge is 0.501 e. The van der Waals surface area contributed by atoms with Crippen molar-refractivity contribution in [1.29, 1.82) is 0 Å². The molecule has 0 spiro atoms. The quantitative estimate of drug-likeness (QED) is 0.124. The molecule has 0 aliphatic heterocycles. The van der Waals surface area contributed by atoms with E-state index < -0.39 is 20.3 Å². The molecule has 46 heavy (non-hydrogen) atoms. The number of rotatable bonds is 6. The number of benzene rings is 4. The van der Waals surface area contributed by atoms with Gasteiger partial charge in [0.05, 0.1) is 13.7 Å². The Kier molecular flexibility index (Phi) is 9.23. The summed E-state index contributed by atoms with van der Waals surface area (Å²) in [5, 5.41) is 3.24. The van der Waals surface area contributed by atoms with E-state index >= 15 is 0 Å². The monoisotopic (exact) mass is 798 g/mol. The minimum Gasteiger partial charge on any atom is -0.501 e. The third-order valence-electron chi connectivity index (χ3n) is 7.70. The first kappa shape index (κ1) is 29.3. The van der Waals surface area contributed by atoms with Gasteiger partial charge in [-0.2, -0.15) is 0 Å². The van der Waals surface area contributed by atoms with Gasteiger partial charge in [0.15, 0.2) is 0 Å². The van der Waals surface area contributed by atoms with Gasteiger partial charge in [-0.15, -0.1) is 54.1 Å². The fourth-order valence-electron chi connectivity index (χ4n) is 5.13. The van der Waals surface area contributed by atoms with Crippen LogP contribution in [0.2, 0.25) is 19.6 Å². The number of nitrogens with zero attached hydrogens (tertiary/aromatic N) is 2. The summed E-state index contributed by atoms with van der Waals surface area (Å²) in [6, 6.07) is 40.9. The fraction of sp³-hybridized carbons (Fsp3) is 0.171. The van der Waals surface area contributed by atoms with Crippen molar-refractivity contribution in [3.63, 3.8) is 0 Å². The summed E-state index contributed by atoms with van der Waals surface area (Å²) in [4.78, 5) is 9.02. The fourth-order valence-corrected chi connectivity index (χ4v) is 6.16. The van der Waals surface area contributed by atoms with E-state index in [1.165, 1.54) is 5.19 Å². The SMILES string of the molecule is C[Si](C)(C)c1ccc(-c2[c-]cccc2)nc1.[2H]C(C)(C)c1ccnc(-c2[c-]ccc3c2oc2cc(C([2H])([2H])c4ccccc4)ccc23)c1.[Ir]. The van der Waals surface area contributed by atoms with Crippen LogP contribution in [0.5, 0.6) is 0 Å². The first-order valence-electron chi connectivity index (χ1n) is 16.7. The number of aromatic nitrogens is 2. The van der Waals surface area contributed by atoms with Gasteiger partial charge in [-0.3, -0.25) is 0 Å². The van der Waals surface area contributed by atoms with E-state index in [1.54, 1.807) is 24.4 Å². The Hall–Kier alpha value is -4.15. The van der Waals surface area contributed by atoms with Crippen molar-refractivity contribution in [3.8, 4) is 22.5 Å². The van der Waals surface area contributed by atoms with Gasteiger partial charge in [-0.25, -0.2) is 0 Å². The molecule has 3 nitrogen and oxygen atoms in total. The van der Waals surface area contributed by atoms with Gasteiger partial charge >= 0.3 is 0 Å². The molecule has 1 radical (unpaired) electrons. The predicted molar refractivity (Wildman–Crippen MR) is 191 cm³/mol. The van der Waals surface area contributed by atoms with E-state index in [1.807, 2.05) is 98.9 Å². The van der Waals surface area contributed by atoms with Gasteiger partial charge < -0.3 is 14.4 Å². The summed E-state index contributed by atoms with van der Waals surface area (Å²) < 4.78 is 31.9. The van der Waals surface area contributed by atoms with Crippen molar-refractivity contribution in [2.75, 3.05) is 0 Å². The molecule has 0 aliphatic carbocycles. The normalized spacial score (nSPS) is 12.8. The van der Waals surface area contributed by atoms with Crippen LogP contribution < -0.4 is 5.19 Å². The molecule has 0 fully saturated rings. The molecule has 0 atom stereocenters. The Morgan fingerprint density at radius 2 is 1.59 bits per heavy atom. The average molecular weight is 798 g/mol. The number of pyridine rings is 2. The summed E-state index contributed by atoms with van der Waals surface area (Å²) in [5.74, 6) is -0.739. The first-order valence-corrected chi connectivity index (χ1v) is 18.7. The third-order valence-corrected chi connectivity index (χ3v) is 9.73. The maximum atomic E-state index is 8.67. The predicted octanol–water partition coefficient (Wildman–Crippen LogP) is 10.3. The van der Waals surface area contributed by atoms with E-state index in [-0.39, 0.29) is 20.1 Å². The Morgan fingerprint density at radius 1 is 0.783 bits per heavy atom. The first-order chi connectivity index (χ1) is 22.8. The molecular weight excluding hydrogens is 757 g/mol. The van der Waals surface area contributed by atoms with Crippen LogP contribution in [0.25, 0.3) is 44.5 Å². The molecule has 0 N–H and O–H groups in total. The summed E-state index contributed by atoms with van der Waals surface area (Å²) in [6.07, 6.45) is 2.09. The van der Waals surface area contributed by atoms with Crippen LogP contribution in [0.1, 0.15) is 40.5 Å². The minimum atomic E-state index is -1.64. The molecule has 5 heteroatoms. The van der Waals surface area contributed by atoms with Crippen LogP contribution in [0.4, 0.5) is 0 Å². The molecule has 4 aromatic carbocycles. The summed E-state index contributed by atoms with van der Waals surface area (Å²) >= 11 is 0. The Balaban J connectivity index is 0.000000233. The van der Waals surface area contributed by atoms with Gasteiger partial charge in [0.25, 0.3) is 0 Å². The maximum Gasteiger partial charge on any atom is 0.121 e. The van der Waals surface area contributed by atoms with Crippen LogP contribution in [-0.4, -0.2) is 18.0 Å². The van der Waals surface area contributed by atoms with Crippen LogP contribution in [0.3, 0.4) is 0 Å². The molecule has 0 saturated heterocycles. The summed E-state index contributed by atoms with van der Waals surface area (Å²) in [5.41, 5.74) is 6.78. The van der Waals surface area contributed by atoms with Crippen molar-refractivity contribution in [2.24, 2.45) is 0 Å². The van der Waals surface area contributed by atoms with Crippen molar-refractivity contribution >= 4 is 35.2 Å². The van der Waals surface area contributed by atoms with Crippen LogP contribution in [0, 0.1) is 12.1 Å². The number of hydrogen-bond acceptors (Lipinski definition) is 3. The smallest absolute Gasteiger partial charge is 0.121 e. The zero-order valence-electron chi connectivity index (χ0n) is 29.7. The van der Waals surface area contributed by atoms with Crippen molar-refractivity contribution < 1.29 is 28.6 Å².